The first-order valence-electron chi connectivity index (χ1n) is 10.5. The molecule has 33 heavy (non-hydrogen) atoms. The lowest BCUT2D eigenvalue weighted by Gasteiger charge is -2.07. The second kappa shape index (κ2) is 9.87. The van der Waals surface area contributed by atoms with Crippen molar-refractivity contribution in [3.63, 3.8) is 0 Å². The molecule has 0 radical (unpaired) electrons. The number of esters is 1. The fourth-order valence-corrected chi connectivity index (χ4v) is 3.62. The van der Waals surface area contributed by atoms with E-state index in [9.17, 15) is 19.2 Å². The molecular weight excluding hydrogens is 418 g/mol. The Labute approximate surface area is 190 Å². The van der Waals surface area contributed by atoms with Crippen molar-refractivity contribution in [2.24, 2.45) is 0 Å². The number of carbonyl (C=O) groups is 4. The van der Waals surface area contributed by atoms with Gasteiger partial charge in [0, 0.05) is 29.1 Å². The fraction of sp³-hybridized carbons (Fsp3) is 0.111. The van der Waals surface area contributed by atoms with Crippen molar-refractivity contribution in [3.8, 4) is 11.1 Å². The first kappa shape index (κ1) is 21.9. The third-order valence-corrected chi connectivity index (χ3v) is 5.38. The number of ketones is 1. The van der Waals surface area contributed by atoms with Crippen molar-refractivity contribution in [2.75, 3.05) is 6.61 Å². The number of hydrogen-bond donors (Lipinski definition) is 0. The Morgan fingerprint density at radius 2 is 1.52 bits per heavy atom. The van der Waals surface area contributed by atoms with Gasteiger partial charge in [-0.15, -0.1) is 0 Å². The molecule has 3 aromatic carbocycles. The van der Waals surface area contributed by atoms with E-state index in [0.717, 1.165) is 17.4 Å². The number of ether oxygens (including phenoxy) is 1. The van der Waals surface area contributed by atoms with Gasteiger partial charge in [-0.05, 0) is 23.3 Å². The number of fused-ring (bicyclic) bond motifs is 1. The minimum Gasteiger partial charge on any atom is -0.457 e. The Morgan fingerprint density at radius 1 is 0.788 bits per heavy atom. The molecule has 0 atom stereocenters. The van der Waals surface area contributed by atoms with Gasteiger partial charge < -0.3 is 4.74 Å². The van der Waals surface area contributed by atoms with Crippen LogP contribution in [0.25, 0.3) is 22.0 Å². The third kappa shape index (κ3) is 4.96. The first-order chi connectivity index (χ1) is 16.1. The summed E-state index contributed by atoms with van der Waals surface area (Å²) in [5, 5.41) is 0.673. The normalized spacial score (nSPS) is 10.7. The molecule has 0 fully saturated rings. The molecule has 0 unspecified atom stereocenters. The van der Waals surface area contributed by atoms with Gasteiger partial charge in [-0.2, -0.15) is 0 Å². The lowest BCUT2D eigenvalue weighted by molar-refractivity contribution is -0.142. The fourth-order valence-electron chi connectivity index (χ4n) is 3.62. The van der Waals surface area contributed by atoms with Crippen molar-refractivity contribution < 1.29 is 23.9 Å². The summed E-state index contributed by atoms with van der Waals surface area (Å²) in [7, 11) is 0. The van der Waals surface area contributed by atoms with E-state index in [4.69, 9.17) is 4.74 Å². The molecule has 0 aliphatic carbocycles. The van der Waals surface area contributed by atoms with Crippen molar-refractivity contribution in [3.05, 3.63) is 96.2 Å². The molecule has 0 amide bonds. The van der Waals surface area contributed by atoms with Crippen LogP contribution in [0.5, 0.6) is 0 Å². The summed E-state index contributed by atoms with van der Waals surface area (Å²) in [6, 6.07) is 23.7. The van der Waals surface area contributed by atoms with Crippen LogP contribution in [0.3, 0.4) is 0 Å². The molecule has 4 rings (SSSR count). The third-order valence-electron chi connectivity index (χ3n) is 5.38. The molecule has 4 aromatic rings. The molecule has 0 N–H and O–H groups in total. The molecule has 0 spiro atoms. The van der Waals surface area contributed by atoms with Gasteiger partial charge in [0.2, 0.25) is 5.91 Å². The minimum atomic E-state index is -0.623. The number of rotatable bonds is 8. The number of hydrogen-bond acceptors (Lipinski definition) is 5. The van der Waals surface area contributed by atoms with Gasteiger partial charge in [0.05, 0.1) is 11.9 Å². The SMILES string of the molecule is O=Cc1cccc2c1ccn2C(=O)CCC(=O)OCC(=O)c1ccc(-c2ccccc2)cc1. The average molecular weight is 439 g/mol. The predicted molar refractivity (Wildman–Crippen MR) is 124 cm³/mol. The van der Waals surface area contributed by atoms with Crippen LogP contribution < -0.4 is 0 Å². The topological polar surface area (TPSA) is 82.4 Å². The van der Waals surface area contributed by atoms with Crippen LogP contribution in [0.15, 0.2) is 85.1 Å². The summed E-state index contributed by atoms with van der Waals surface area (Å²) in [6.07, 6.45) is 2.09. The molecule has 0 saturated heterocycles. The Kier molecular flexibility index (Phi) is 6.55. The molecule has 0 bridgehead atoms. The maximum Gasteiger partial charge on any atom is 0.306 e. The van der Waals surface area contributed by atoms with Gasteiger partial charge in [0.15, 0.2) is 18.7 Å². The monoisotopic (exact) mass is 439 g/mol. The van der Waals surface area contributed by atoms with Crippen LogP contribution >= 0.6 is 0 Å². The van der Waals surface area contributed by atoms with Crippen LogP contribution in [-0.4, -0.2) is 35.1 Å². The van der Waals surface area contributed by atoms with Crippen LogP contribution in [-0.2, 0) is 9.53 Å². The largest absolute Gasteiger partial charge is 0.457 e. The van der Waals surface area contributed by atoms with Gasteiger partial charge in [0.25, 0.3) is 0 Å². The highest BCUT2D eigenvalue weighted by Gasteiger charge is 2.15. The molecule has 1 aromatic heterocycles. The molecule has 1 heterocycles. The van der Waals surface area contributed by atoms with Gasteiger partial charge >= 0.3 is 5.97 Å². The number of Topliss-reactive ketones (excluding diaryl/α,β-unsaturated/α-hetero) is 1. The smallest absolute Gasteiger partial charge is 0.306 e. The molecule has 0 saturated carbocycles. The maximum absolute atomic E-state index is 12.5. The van der Waals surface area contributed by atoms with Gasteiger partial charge in [-0.3, -0.25) is 23.7 Å². The molecule has 0 aliphatic heterocycles. The lowest BCUT2D eigenvalue weighted by atomic mass is 10.0. The zero-order chi connectivity index (χ0) is 23.2. The Hall–Kier alpha value is -4.32. The number of aromatic nitrogens is 1. The summed E-state index contributed by atoms with van der Waals surface area (Å²) in [5.41, 5.74) is 3.58. The van der Waals surface area contributed by atoms with Crippen LogP contribution in [0.2, 0.25) is 0 Å². The van der Waals surface area contributed by atoms with Crippen molar-refractivity contribution >= 4 is 34.8 Å². The number of carbonyl (C=O) groups excluding carboxylic acids is 4. The standard InChI is InChI=1S/C27H21NO5/c29-17-22-7-4-8-24-23(22)15-16-28(24)26(31)13-14-27(32)33-18-25(30)21-11-9-20(10-12-21)19-5-2-1-3-6-19/h1-12,15-17H,13-14,18H2. The second-order valence-corrected chi connectivity index (χ2v) is 7.50. The van der Waals surface area contributed by atoms with E-state index in [1.165, 1.54) is 4.57 Å². The Balaban J connectivity index is 1.29. The summed E-state index contributed by atoms with van der Waals surface area (Å²) in [5.74, 6) is -1.23. The van der Waals surface area contributed by atoms with E-state index in [-0.39, 0.29) is 31.1 Å². The summed E-state index contributed by atoms with van der Waals surface area (Å²) >= 11 is 0. The number of nitrogens with zero attached hydrogens (tertiary/aromatic N) is 1. The van der Waals surface area contributed by atoms with E-state index in [2.05, 4.69) is 0 Å². The van der Waals surface area contributed by atoms with Crippen LogP contribution in [0.1, 0.15) is 38.4 Å². The summed E-state index contributed by atoms with van der Waals surface area (Å²) < 4.78 is 6.48. The van der Waals surface area contributed by atoms with E-state index in [1.807, 2.05) is 42.5 Å². The average Bonchev–Trinajstić information content (AvgIpc) is 3.31. The maximum atomic E-state index is 12.5. The predicted octanol–water partition coefficient (Wildman–Crippen LogP) is 4.97. The van der Waals surface area contributed by atoms with Gasteiger partial charge in [-0.1, -0.05) is 66.7 Å². The van der Waals surface area contributed by atoms with Crippen LogP contribution in [0.4, 0.5) is 0 Å². The van der Waals surface area contributed by atoms with E-state index in [0.29, 0.717) is 22.0 Å². The Bertz CT molecular complexity index is 1320. The summed E-state index contributed by atoms with van der Waals surface area (Å²) in [4.78, 5) is 48.1. The molecule has 164 valence electrons. The van der Waals surface area contributed by atoms with E-state index in [1.54, 1.807) is 42.6 Å². The summed E-state index contributed by atoms with van der Waals surface area (Å²) in [6.45, 7) is -0.382. The van der Waals surface area contributed by atoms with Gasteiger partial charge in [0.1, 0.15) is 0 Å². The molecule has 6 heteroatoms. The van der Waals surface area contributed by atoms with E-state index >= 15 is 0 Å². The van der Waals surface area contributed by atoms with E-state index < -0.39 is 5.97 Å². The van der Waals surface area contributed by atoms with Crippen LogP contribution in [0, 0.1) is 0 Å². The van der Waals surface area contributed by atoms with Gasteiger partial charge in [-0.25, -0.2) is 0 Å². The Morgan fingerprint density at radius 3 is 2.24 bits per heavy atom. The lowest BCUT2D eigenvalue weighted by Crippen LogP contribution is -2.16. The van der Waals surface area contributed by atoms with Crippen molar-refractivity contribution in [1.29, 1.82) is 0 Å². The highest BCUT2D eigenvalue weighted by atomic mass is 16.5. The quantitative estimate of drug-likeness (QED) is 0.220. The van der Waals surface area contributed by atoms with Crippen molar-refractivity contribution in [1.82, 2.24) is 4.57 Å². The highest BCUT2D eigenvalue weighted by Crippen LogP contribution is 2.21. The molecule has 0 aliphatic rings. The molecular formula is C27H21NO5. The number of benzene rings is 3. The molecule has 6 nitrogen and oxygen atoms in total. The first-order valence-corrected chi connectivity index (χ1v) is 10.5. The minimum absolute atomic E-state index is 0.0755. The number of aldehydes is 1. The zero-order valence-electron chi connectivity index (χ0n) is 17.8. The highest BCUT2D eigenvalue weighted by molar-refractivity contribution is 6.01. The second-order valence-electron chi connectivity index (χ2n) is 7.50. The zero-order valence-corrected chi connectivity index (χ0v) is 17.8. The van der Waals surface area contributed by atoms with Crippen molar-refractivity contribution in [2.45, 2.75) is 12.8 Å².